The van der Waals surface area contributed by atoms with E-state index in [9.17, 15) is 14.4 Å². The van der Waals surface area contributed by atoms with Crippen molar-refractivity contribution in [1.29, 1.82) is 0 Å². The van der Waals surface area contributed by atoms with Gasteiger partial charge >= 0.3 is 5.97 Å². The zero-order valence-corrected chi connectivity index (χ0v) is 24.8. The van der Waals surface area contributed by atoms with E-state index in [-0.39, 0.29) is 12.2 Å². The number of carbonyl (C=O) groups excluding carboxylic acids is 3. The second-order valence-corrected chi connectivity index (χ2v) is 11.1. The van der Waals surface area contributed by atoms with Crippen LogP contribution in [0.3, 0.4) is 0 Å². The summed E-state index contributed by atoms with van der Waals surface area (Å²) in [5, 5.41) is 6.59. The monoisotopic (exact) mass is 616 g/mol. The normalized spacial score (nSPS) is 18.3. The minimum Gasteiger partial charge on any atom is -0.465 e. The van der Waals surface area contributed by atoms with E-state index in [0.29, 0.717) is 16.3 Å². The predicted octanol–water partition coefficient (Wildman–Crippen LogP) is 6.73. The van der Waals surface area contributed by atoms with Crippen molar-refractivity contribution in [3.63, 3.8) is 0 Å². The molecular weight excluding hydrogens is 588 g/mol. The predicted molar refractivity (Wildman–Crippen MR) is 171 cm³/mol. The maximum absolute atomic E-state index is 14.5. The third kappa shape index (κ3) is 6.30. The number of amides is 2. The number of hydrogen-bond acceptors (Lipinski definition) is 5. The Kier molecular flexibility index (Phi) is 8.62. The van der Waals surface area contributed by atoms with Crippen molar-refractivity contribution in [2.45, 2.75) is 24.0 Å². The summed E-state index contributed by atoms with van der Waals surface area (Å²) in [6.45, 7) is 0. The number of carbonyl (C=O) groups is 3. The quantitative estimate of drug-likeness (QED) is 0.179. The molecule has 6 rings (SSSR count). The molecule has 224 valence electrons. The van der Waals surface area contributed by atoms with Crippen molar-refractivity contribution in [3.8, 4) is 0 Å². The molecule has 7 nitrogen and oxygen atoms in total. The Morgan fingerprint density at radius 3 is 2.13 bits per heavy atom. The average Bonchev–Trinajstić information content (AvgIpc) is 3.61. The van der Waals surface area contributed by atoms with E-state index < -0.39 is 35.3 Å². The first-order valence-electron chi connectivity index (χ1n) is 14.4. The van der Waals surface area contributed by atoms with Crippen LogP contribution >= 0.6 is 11.6 Å². The van der Waals surface area contributed by atoms with Gasteiger partial charge in [-0.2, -0.15) is 0 Å². The molecule has 1 aliphatic rings. The molecule has 0 fully saturated rings. The second kappa shape index (κ2) is 13.1. The summed E-state index contributed by atoms with van der Waals surface area (Å²) in [5.41, 5.74) is 1.76. The van der Waals surface area contributed by atoms with Gasteiger partial charge < -0.3 is 19.8 Å². The van der Waals surface area contributed by atoms with Gasteiger partial charge in [0.1, 0.15) is 0 Å². The molecule has 0 saturated carbocycles. The van der Waals surface area contributed by atoms with Crippen LogP contribution in [0.25, 0.3) is 5.70 Å². The van der Waals surface area contributed by atoms with Crippen LogP contribution < -0.4 is 10.6 Å². The Hall–Kier alpha value is -5.40. The summed E-state index contributed by atoms with van der Waals surface area (Å²) in [5.74, 6) is -2.38. The molecule has 45 heavy (non-hydrogen) atoms. The fourth-order valence-electron chi connectivity index (χ4n) is 5.59. The Labute approximate surface area is 265 Å². The number of halogens is 1. The molecule has 0 radical (unpaired) electrons. The highest BCUT2D eigenvalue weighted by atomic mass is 35.5. The third-order valence-electron chi connectivity index (χ3n) is 7.75. The van der Waals surface area contributed by atoms with Crippen molar-refractivity contribution in [2.24, 2.45) is 0 Å². The van der Waals surface area contributed by atoms with Crippen LogP contribution in [0.4, 0.5) is 0 Å². The molecule has 4 aromatic carbocycles. The van der Waals surface area contributed by atoms with Crippen molar-refractivity contribution in [3.05, 3.63) is 173 Å². The van der Waals surface area contributed by atoms with E-state index in [1.54, 1.807) is 60.7 Å². The summed E-state index contributed by atoms with van der Waals surface area (Å²) in [4.78, 5) is 42.0. The van der Waals surface area contributed by atoms with E-state index >= 15 is 0 Å². The molecule has 0 saturated heterocycles. The number of rotatable bonds is 9. The highest BCUT2D eigenvalue weighted by molar-refractivity contribution is 6.30. The van der Waals surface area contributed by atoms with Crippen LogP contribution in [0.1, 0.15) is 40.0 Å². The first-order valence-corrected chi connectivity index (χ1v) is 14.8. The van der Waals surface area contributed by atoms with Gasteiger partial charge in [-0.05, 0) is 52.6 Å². The topological polar surface area (TPSA) is 97.6 Å². The van der Waals surface area contributed by atoms with Gasteiger partial charge in [-0.25, -0.2) is 0 Å². The standard InChI is InChI=1S/C37H29ClN2O5/c38-29-20-18-26(19-21-29)30-24-31(27-13-6-2-7-14-27)39-36(43)37(30,28-15-8-3-9-16-28)40-35(42)34(32-17-10-22-44-32)45-33(41)23-25-11-4-1-5-12-25/h1-22,24,30,34H,23H2,(H,39,43)(H,40,42)/t30-,34?,37+/m0/s1. The molecule has 5 aromatic rings. The fourth-order valence-corrected chi connectivity index (χ4v) is 5.72. The zero-order valence-electron chi connectivity index (χ0n) is 24.1. The lowest BCUT2D eigenvalue weighted by molar-refractivity contribution is -0.158. The molecule has 1 aliphatic heterocycles. The van der Waals surface area contributed by atoms with Gasteiger partial charge in [-0.3, -0.25) is 14.4 Å². The van der Waals surface area contributed by atoms with Crippen LogP contribution in [0.15, 0.2) is 144 Å². The number of furan rings is 1. The van der Waals surface area contributed by atoms with Crippen molar-refractivity contribution in [2.75, 3.05) is 0 Å². The average molecular weight is 617 g/mol. The first kappa shape index (κ1) is 29.7. The molecule has 1 unspecified atom stereocenters. The van der Waals surface area contributed by atoms with Gasteiger partial charge in [0.05, 0.1) is 12.7 Å². The Morgan fingerprint density at radius 2 is 1.49 bits per heavy atom. The molecule has 0 spiro atoms. The van der Waals surface area contributed by atoms with E-state index in [0.717, 1.165) is 16.7 Å². The highest BCUT2D eigenvalue weighted by Crippen LogP contribution is 2.44. The Balaban J connectivity index is 1.44. The fraction of sp³-hybridized carbons (Fsp3) is 0.108. The largest absolute Gasteiger partial charge is 0.465 e. The van der Waals surface area contributed by atoms with Crippen LogP contribution in [-0.4, -0.2) is 17.8 Å². The summed E-state index contributed by atoms with van der Waals surface area (Å²) in [7, 11) is 0. The maximum Gasteiger partial charge on any atom is 0.311 e. The van der Waals surface area contributed by atoms with Crippen LogP contribution in [0.5, 0.6) is 0 Å². The molecule has 2 heterocycles. The highest BCUT2D eigenvalue weighted by Gasteiger charge is 2.52. The SMILES string of the molecule is O=C(Cc1ccccc1)OC(C(=O)N[C@@]1(c2ccccc2)C(=O)NC(c2ccccc2)=C[C@H]1c1ccc(Cl)cc1)c1ccco1. The summed E-state index contributed by atoms with van der Waals surface area (Å²) >= 11 is 6.26. The number of esters is 1. The summed E-state index contributed by atoms with van der Waals surface area (Å²) in [6.07, 6.45) is 1.81. The summed E-state index contributed by atoms with van der Waals surface area (Å²) < 4.78 is 11.3. The molecule has 0 aliphatic carbocycles. The lowest BCUT2D eigenvalue weighted by Crippen LogP contribution is -2.61. The number of ether oxygens (including phenoxy) is 1. The van der Waals surface area contributed by atoms with Crippen LogP contribution in [0.2, 0.25) is 5.02 Å². The van der Waals surface area contributed by atoms with E-state index in [2.05, 4.69) is 10.6 Å². The first-order chi connectivity index (χ1) is 21.9. The van der Waals surface area contributed by atoms with Gasteiger partial charge in [0, 0.05) is 16.6 Å². The molecule has 0 bridgehead atoms. The second-order valence-electron chi connectivity index (χ2n) is 10.6. The molecule has 8 heteroatoms. The molecule has 3 atom stereocenters. The van der Waals surface area contributed by atoms with E-state index in [1.165, 1.54) is 6.26 Å². The minimum absolute atomic E-state index is 0.0494. The van der Waals surface area contributed by atoms with Crippen molar-refractivity contribution >= 4 is 35.1 Å². The van der Waals surface area contributed by atoms with Gasteiger partial charge in [0.2, 0.25) is 6.10 Å². The number of hydrogen-bond donors (Lipinski definition) is 2. The molecule has 2 amide bonds. The lowest BCUT2D eigenvalue weighted by Gasteiger charge is -2.43. The van der Waals surface area contributed by atoms with Crippen molar-refractivity contribution in [1.82, 2.24) is 10.6 Å². The lowest BCUT2D eigenvalue weighted by atomic mass is 9.71. The van der Waals surface area contributed by atoms with E-state index in [1.807, 2.05) is 72.8 Å². The van der Waals surface area contributed by atoms with E-state index in [4.69, 9.17) is 20.8 Å². The van der Waals surface area contributed by atoms with Gasteiger partial charge in [-0.15, -0.1) is 0 Å². The van der Waals surface area contributed by atoms with Crippen LogP contribution in [0, 0.1) is 0 Å². The molecule has 1 aromatic heterocycles. The van der Waals surface area contributed by atoms with Gasteiger partial charge in [0.15, 0.2) is 11.3 Å². The van der Waals surface area contributed by atoms with Crippen LogP contribution in [-0.2, 0) is 31.1 Å². The third-order valence-corrected chi connectivity index (χ3v) is 8.00. The molecular formula is C37H29ClN2O5. The maximum atomic E-state index is 14.5. The summed E-state index contributed by atoms with van der Waals surface area (Å²) in [6, 6.07) is 37.9. The number of benzene rings is 4. The Morgan fingerprint density at radius 1 is 0.844 bits per heavy atom. The smallest absolute Gasteiger partial charge is 0.311 e. The Bertz CT molecular complexity index is 1810. The van der Waals surface area contributed by atoms with Gasteiger partial charge in [-0.1, -0.05) is 115 Å². The number of nitrogens with one attached hydrogen (secondary N) is 2. The zero-order chi connectivity index (χ0) is 31.2. The molecule has 2 N–H and O–H groups in total. The van der Waals surface area contributed by atoms with Gasteiger partial charge in [0.25, 0.3) is 11.8 Å². The minimum atomic E-state index is -1.65. The van der Waals surface area contributed by atoms with Crippen molar-refractivity contribution < 1.29 is 23.5 Å².